The highest BCUT2D eigenvalue weighted by Gasteiger charge is 2.70. The van der Waals surface area contributed by atoms with Gasteiger partial charge in [-0.05, 0) is 54.7 Å². The highest BCUT2D eigenvalue weighted by molar-refractivity contribution is 6.02. The van der Waals surface area contributed by atoms with Crippen LogP contribution in [0.2, 0.25) is 0 Å². The maximum atomic E-state index is 12.6. The van der Waals surface area contributed by atoms with Crippen LogP contribution in [0.25, 0.3) is 0 Å². The van der Waals surface area contributed by atoms with Gasteiger partial charge in [-0.1, -0.05) is 39.0 Å². The number of Topliss-reactive ketones (excluding diaryl/α,β-unsaturated/α-hetero) is 1. The average molecular weight is 325 g/mol. The number of rotatable bonds is 0. The number of hydrogen-bond acceptors (Lipinski definition) is 3. The van der Waals surface area contributed by atoms with E-state index in [4.69, 9.17) is 5.73 Å². The zero-order valence-electron chi connectivity index (χ0n) is 14.9. The molecular formula is C21H27NO2. The Balaban J connectivity index is 1.92. The lowest BCUT2D eigenvalue weighted by atomic mass is 9.38. The monoisotopic (exact) mass is 325 g/mol. The van der Waals surface area contributed by atoms with Crippen LogP contribution in [0.5, 0.6) is 0 Å². The first-order valence-corrected chi connectivity index (χ1v) is 9.04. The van der Waals surface area contributed by atoms with Gasteiger partial charge in [-0.15, -0.1) is 0 Å². The van der Waals surface area contributed by atoms with E-state index in [2.05, 4.69) is 27.4 Å². The number of hydrogen-bond donors (Lipinski definition) is 1. The number of nitrogens with two attached hydrogens (primary N) is 1. The van der Waals surface area contributed by atoms with Gasteiger partial charge in [0.2, 0.25) is 0 Å². The van der Waals surface area contributed by atoms with Gasteiger partial charge < -0.3 is 5.73 Å². The Kier molecular flexibility index (Phi) is 2.92. The van der Waals surface area contributed by atoms with Gasteiger partial charge >= 0.3 is 0 Å². The molecule has 3 heteroatoms. The van der Waals surface area contributed by atoms with Crippen LogP contribution in [0, 0.1) is 22.2 Å². The van der Waals surface area contributed by atoms with E-state index in [9.17, 15) is 9.59 Å². The van der Waals surface area contributed by atoms with Crippen LogP contribution in [0.3, 0.4) is 0 Å². The molecule has 3 nitrogen and oxygen atoms in total. The van der Waals surface area contributed by atoms with Gasteiger partial charge in [-0.3, -0.25) is 9.59 Å². The van der Waals surface area contributed by atoms with Gasteiger partial charge in [0, 0.05) is 22.8 Å². The minimum atomic E-state index is -0.459. The Hall–Kier alpha value is -1.48. The molecule has 0 unspecified atom stereocenters. The SMILES string of the molecule is C=C1C[C@@]2(C)[C@@H]3CCC(=O)[C@@]3(C)CC[C@]2(N)[C@@]2(C)C=CC(=O)C=C12. The predicted molar refractivity (Wildman–Crippen MR) is 94.2 cm³/mol. The van der Waals surface area contributed by atoms with E-state index in [1.54, 1.807) is 12.2 Å². The summed E-state index contributed by atoms with van der Waals surface area (Å²) in [5.74, 6) is 0.715. The lowest BCUT2D eigenvalue weighted by molar-refractivity contribution is -0.140. The van der Waals surface area contributed by atoms with Crippen LogP contribution in [0.15, 0.2) is 36.0 Å². The third-order valence-corrected chi connectivity index (χ3v) is 8.21. The summed E-state index contributed by atoms with van der Waals surface area (Å²) in [5.41, 5.74) is 7.94. The Morgan fingerprint density at radius 1 is 1.21 bits per heavy atom. The molecule has 0 aromatic heterocycles. The number of ketones is 2. The largest absolute Gasteiger partial charge is 0.324 e. The molecule has 2 N–H and O–H groups in total. The molecule has 3 saturated carbocycles. The quantitative estimate of drug-likeness (QED) is 0.741. The maximum Gasteiger partial charge on any atom is 0.178 e. The molecule has 5 atom stereocenters. The topological polar surface area (TPSA) is 60.2 Å². The number of fused-ring (bicyclic) bond motifs is 5. The fourth-order valence-electron chi connectivity index (χ4n) is 6.67. The van der Waals surface area contributed by atoms with Crippen molar-refractivity contribution < 1.29 is 9.59 Å². The molecular weight excluding hydrogens is 298 g/mol. The average Bonchev–Trinajstić information content (AvgIpc) is 2.82. The number of carbonyl (C=O) groups is 2. The third kappa shape index (κ3) is 1.53. The first kappa shape index (κ1) is 16.0. The van der Waals surface area contributed by atoms with Crippen molar-refractivity contribution in [2.75, 3.05) is 0 Å². The fourth-order valence-corrected chi connectivity index (χ4v) is 6.67. The molecule has 4 rings (SSSR count). The maximum absolute atomic E-state index is 12.6. The van der Waals surface area contributed by atoms with Crippen molar-refractivity contribution in [3.05, 3.63) is 36.0 Å². The summed E-state index contributed by atoms with van der Waals surface area (Å²) in [7, 11) is 0. The fraction of sp³-hybridized carbons (Fsp3) is 0.619. The molecule has 3 fully saturated rings. The molecule has 0 aromatic carbocycles. The van der Waals surface area contributed by atoms with Crippen molar-refractivity contribution >= 4 is 11.6 Å². The standard InChI is InChI=1S/C21H27NO2/c1-13-12-20(4)16-5-6-17(24)18(16,2)9-10-21(20,22)19(3)8-7-14(23)11-15(13)19/h7-8,11,16H,1,5-6,9-10,12,22H2,2-4H3/t16-,18+,19+,20+,21+/m1/s1. The second-order valence-corrected chi connectivity index (χ2v) is 9.10. The highest BCUT2D eigenvalue weighted by atomic mass is 16.1. The lowest BCUT2D eigenvalue weighted by Crippen LogP contribution is -2.72. The Morgan fingerprint density at radius 2 is 1.92 bits per heavy atom. The first-order valence-electron chi connectivity index (χ1n) is 9.04. The van der Waals surface area contributed by atoms with Gasteiger partial charge in [-0.2, -0.15) is 0 Å². The van der Waals surface area contributed by atoms with E-state index in [0.29, 0.717) is 12.2 Å². The zero-order valence-corrected chi connectivity index (χ0v) is 14.9. The Labute approximate surface area is 144 Å². The van der Waals surface area contributed by atoms with E-state index in [1.807, 2.05) is 6.08 Å². The summed E-state index contributed by atoms with van der Waals surface area (Å²) >= 11 is 0. The molecule has 128 valence electrons. The number of carbonyl (C=O) groups excluding carboxylic acids is 2. The molecule has 4 aliphatic rings. The summed E-state index contributed by atoms with van der Waals surface area (Å²) in [4.78, 5) is 24.5. The molecule has 0 amide bonds. The van der Waals surface area contributed by atoms with Crippen LogP contribution in [0.1, 0.15) is 52.9 Å². The Morgan fingerprint density at radius 3 is 2.62 bits per heavy atom. The molecule has 24 heavy (non-hydrogen) atoms. The van der Waals surface area contributed by atoms with Crippen LogP contribution >= 0.6 is 0 Å². The van der Waals surface area contributed by atoms with Crippen molar-refractivity contribution in [2.45, 2.75) is 58.4 Å². The molecule has 0 aliphatic heterocycles. The molecule has 0 spiro atoms. The van der Waals surface area contributed by atoms with Crippen molar-refractivity contribution in [1.82, 2.24) is 0 Å². The minimum absolute atomic E-state index is 0.0209. The van der Waals surface area contributed by atoms with Crippen molar-refractivity contribution in [2.24, 2.45) is 27.9 Å². The summed E-state index contributed by atoms with van der Waals surface area (Å²) in [6, 6.07) is 0. The third-order valence-electron chi connectivity index (χ3n) is 8.21. The normalized spacial score (nSPS) is 50.2. The summed E-state index contributed by atoms with van der Waals surface area (Å²) in [5, 5.41) is 0. The van der Waals surface area contributed by atoms with Crippen molar-refractivity contribution in [3.8, 4) is 0 Å². The van der Waals surface area contributed by atoms with E-state index in [1.165, 1.54) is 0 Å². The second kappa shape index (κ2) is 4.37. The summed E-state index contributed by atoms with van der Waals surface area (Å²) in [6.07, 6.45) is 9.42. The van der Waals surface area contributed by atoms with E-state index >= 15 is 0 Å². The van der Waals surface area contributed by atoms with E-state index in [0.717, 1.165) is 36.8 Å². The van der Waals surface area contributed by atoms with Gasteiger partial charge in [0.15, 0.2) is 5.78 Å². The molecule has 0 aromatic rings. The van der Waals surface area contributed by atoms with Gasteiger partial charge in [-0.25, -0.2) is 0 Å². The van der Waals surface area contributed by atoms with Crippen molar-refractivity contribution in [1.29, 1.82) is 0 Å². The second-order valence-electron chi connectivity index (χ2n) is 9.10. The number of allylic oxidation sites excluding steroid dienone is 3. The summed E-state index contributed by atoms with van der Waals surface area (Å²) < 4.78 is 0. The highest BCUT2D eigenvalue weighted by Crippen LogP contribution is 2.70. The van der Waals surface area contributed by atoms with Crippen LogP contribution in [0.4, 0.5) is 0 Å². The molecule has 0 radical (unpaired) electrons. The smallest absolute Gasteiger partial charge is 0.178 e. The first-order chi connectivity index (χ1) is 11.1. The molecule has 0 heterocycles. The zero-order chi connectivity index (χ0) is 17.5. The molecule has 0 bridgehead atoms. The minimum Gasteiger partial charge on any atom is -0.324 e. The molecule has 4 aliphatic carbocycles. The van der Waals surface area contributed by atoms with Crippen LogP contribution < -0.4 is 5.73 Å². The van der Waals surface area contributed by atoms with E-state index in [-0.39, 0.29) is 22.5 Å². The Bertz CT molecular complexity index is 747. The molecule has 0 saturated heterocycles. The lowest BCUT2D eigenvalue weighted by Gasteiger charge is -2.67. The van der Waals surface area contributed by atoms with Gasteiger partial charge in [0.1, 0.15) is 5.78 Å². The predicted octanol–water partition coefficient (Wildman–Crippen LogP) is 3.50. The van der Waals surface area contributed by atoms with E-state index < -0.39 is 11.0 Å². The van der Waals surface area contributed by atoms with Gasteiger partial charge in [0.05, 0.1) is 0 Å². The van der Waals surface area contributed by atoms with Crippen LogP contribution in [-0.4, -0.2) is 17.1 Å². The van der Waals surface area contributed by atoms with Crippen LogP contribution in [-0.2, 0) is 9.59 Å². The van der Waals surface area contributed by atoms with Gasteiger partial charge in [0.25, 0.3) is 0 Å². The van der Waals surface area contributed by atoms with Crippen molar-refractivity contribution in [3.63, 3.8) is 0 Å². The summed E-state index contributed by atoms with van der Waals surface area (Å²) in [6.45, 7) is 10.9.